The van der Waals surface area contributed by atoms with Gasteiger partial charge >= 0.3 is 12.2 Å². The SMILES string of the molecule is O=C(/C=C1\CC2(CCC2)Oc2cc(C(F)(F)F)ccc21)Nc1ccc2c(c1)NC(=O)N(CCCCO)C2. The van der Waals surface area contributed by atoms with Crippen LogP contribution in [0, 0.1) is 0 Å². The van der Waals surface area contributed by atoms with E-state index in [0.29, 0.717) is 54.9 Å². The number of unbranched alkanes of at least 4 members (excludes halogenated alkanes) is 1. The lowest BCUT2D eigenvalue weighted by atomic mass is 9.72. The number of amides is 3. The molecule has 0 radical (unpaired) electrons. The summed E-state index contributed by atoms with van der Waals surface area (Å²) in [6, 6.07) is 8.42. The number of anilines is 2. The zero-order valence-corrected chi connectivity index (χ0v) is 20.2. The molecule has 10 heteroatoms. The molecule has 1 aliphatic carbocycles. The van der Waals surface area contributed by atoms with Crippen molar-refractivity contribution < 1.29 is 32.6 Å². The van der Waals surface area contributed by atoms with E-state index in [4.69, 9.17) is 9.84 Å². The van der Waals surface area contributed by atoms with Gasteiger partial charge in [0.2, 0.25) is 5.91 Å². The Bertz CT molecular complexity index is 1250. The second kappa shape index (κ2) is 9.74. The first-order valence-corrected chi connectivity index (χ1v) is 12.4. The molecule has 2 aromatic rings. The van der Waals surface area contributed by atoms with Crippen LogP contribution in [-0.4, -0.2) is 40.7 Å². The number of benzene rings is 2. The molecule has 2 aliphatic heterocycles. The Balaban J connectivity index is 1.33. The van der Waals surface area contributed by atoms with E-state index in [-0.39, 0.29) is 18.4 Å². The van der Waals surface area contributed by atoms with Crippen LogP contribution in [0.3, 0.4) is 0 Å². The maximum absolute atomic E-state index is 13.3. The van der Waals surface area contributed by atoms with Crippen molar-refractivity contribution in [3.8, 4) is 5.75 Å². The first-order valence-electron chi connectivity index (χ1n) is 12.4. The molecule has 0 bridgehead atoms. The van der Waals surface area contributed by atoms with Crippen LogP contribution in [0.5, 0.6) is 5.75 Å². The number of hydrogen-bond acceptors (Lipinski definition) is 4. The molecule has 1 saturated carbocycles. The van der Waals surface area contributed by atoms with E-state index in [1.807, 2.05) is 6.07 Å². The number of urea groups is 1. The number of ether oxygens (including phenoxy) is 1. The normalized spacial score (nSPS) is 19.0. The van der Waals surface area contributed by atoms with Gasteiger partial charge in [-0.25, -0.2) is 4.79 Å². The maximum Gasteiger partial charge on any atom is 0.416 e. The molecular formula is C27H28F3N3O4. The third kappa shape index (κ3) is 5.29. The van der Waals surface area contributed by atoms with Gasteiger partial charge in [0.25, 0.3) is 0 Å². The summed E-state index contributed by atoms with van der Waals surface area (Å²) in [6.45, 7) is 1.05. The molecule has 3 aliphatic rings. The van der Waals surface area contributed by atoms with E-state index >= 15 is 0 Å². The maximum atomic E-state index is 13.3. The molecule has 1 spiro atoms. The zero-order valence-electron chi connectivity index (χ0n) is 20.2. The highest BCUT2D eigenvalue weighted by Gasteiger charge is 2.44. The summed E-state index contributed by atoms with van der Waals surface area (Å²) in [5.41, 5.74) is 1.78. The lowest BCUT2D eigenvalue weighted by Gasteiger charge is -2.46. The van der Waals surface area contributed by atoms with Gasteiger partial charge in [0.1, 0.15) is 11.4 Å². The van der Waals surface area contributed by atoms with Crippen LogP contribution in [-0.2, 0) is 17.5 Å². The fraction of sp³-hybridized carbons (Fsp3) is 0.407. The number of aliphatic hydroxyl groups excluding tert-OH is 1. The summed E-state index contributed by atoms with van der Waals surface area (Å²) in [5, 5.41) is 14.6. The van der Waals surface area contributed by atoms with Crippen LogP contribution in [0.4, 0.5) is 29.3 Å². The van der Waals surface area contributed by atoms with E-state index < -0.39 is 23.2 Å². The number of fused-ring (bicyclic) bond motifs is 2. The lowest BCUT2D eigenvalue weighted by Crippen LogP contribution is -2.45. The molecule has 5 rings (SSSR count). The van der Waals surface area contributed by atoms with Gasteiger partial charge in [0.15, 0.2) is 0 Å². The minimum atomic E-state index is -4.48. The number of nitrogens with one attached hydrogen (secondary N) is 2. The minimum Gasteiger partial charge on any atom is -0.486 e. The van der Waals surface area contributed by atoms with Gasteiger partial charge in [0, 0.05) is 49.1 Å². The first kappa shape index (κ1) is 25.1. The first-order chi connectivity index (χ1) is 17.7. The predicted octanol–water partition coefficient (Wildman–Crippen LogP) is 5.55. The number of halogens is 3. The molecule has 0 atom stereocenters. The van der Waals surface area contributed by atoms with Crippen molar-refractivity contribution in [2.24, 2.45) is 0 Å². The molecule has 3 amide bonds. The van der Waals surface area contributed by atoms with Gasteiger partial charge in [-0.2, -0.15) is 13.2 Å². The molecular weight excluding hydrogens is 487 g/mol. The second-order valence-corrected chi connectivity index (χ2v) is 9.84. The molecule has 7 nitrogen and oxygen atoms in total. The van der Waals surface area contributed by atoms with Crippen molar-refractivity contribution in [3.63, 3.8) is 0 Å². The Morgan fingerprint density at radius 2 is 2.00 bits per heavy atom. The molecule has 1 fully saturated rings. The average molecular weight is 516 g/mol. The van der Waals surface area contributed by atoms with Crippen LogP contribution in [0.1, 0.15) is 55.2 Å². The Morgan fingerprint density at radius 1 is 1.19 bits per heavy atom. The number of alkyl halides is 3. The van der Waals surface area contributed by atoms with Gasteiger partial charge in [-0.05, 0) is 67.5 Å². The Kier molecular flexibility index (Phi) is 6.61. The summed E-state index contributed by atoms with van der Waals surface area (Å²) in [6.07, 6.45) is 1.09. The Hall–Kier alpha value is -3.53. The number of nitrogens with zero attached hydrogens (tertiary/aromatic N) is 1. The van der Waals surface area contributed by atoms with Crippen LogP contribution in [0.2, 0.25) is 0 Å². The van der Waals surface area contributed by atoms with Crippen LogP contribution in [0.25, 0.3) is 5.57 Å². The predicted molar refractivity (Wildman–Crippen MR) is 132 cm³/mol. The van der Waals surface area contributed by atoms with Crippen LogP contribution >= 0.6 is 0 Å². The van der Waals surface area contributed by atoms with E-state index in [1.54, 1.807) is 17.0 Å². The van der Waals surface area contributed by atoms with E-state index in [2.05, 4.69) is 10.6 Å². The van der Waals surface area contributed by atoms with Gasteiger partial charge in [-0.15, -0.1) is 0 Å². The Morgan fingerprint density at radius 3 is 2.70 bits per heavy atom. The lowest BCUT2D eigenvalue weighted by molar-refractivity contribution is -0.138. The molecule has 196 valence electrons. The van der Waals surface area contributed by atoms with Crippen molar-refractivity contribution in [1.82, 2.24) is 4.90 Å². The summed E-state index contributed by atoms with van der Waals surface area (Å²) >= 11 is 0. The number of rotatable bonds is 6. The van der Waals surface area contributed by atoms with Crippen LogP contribution < -0.4 is 15.4 Å². The highest BCUT2D eigenvalue weighted by atomic mass is 19.4. The van der Waals surface area contributed by atoms with Gasteiger partial charge in [0.05, 0.1) is 5.56 Å². The van der Waals surface area contributed by atoms with Crippen molar-refractivity contribution in [3.05, 3.63) is 59.2 Å². The highest BCUT2D eigenvalue weighted by Crippen LogP contribution is 2.50. The summed E-state index contributed by atoms with van der Waals surface area (Å²) in [4.78, 5) is 27.0. The number of carbonyl (C=O) groups is 2. The third-order valence-corrected chi connectivity index (χ3v) is 7.17. The Labute approximate surface area is 212 Å². The summed E-state index contributed by atoms with van der Waals surface area (Å²) in [5.74, 6) is -0.259. The van der Waals surface area contributed by atoms with Crippen molar-refractivity contribution in [2.75, 3.05) is 23.8 Å². The summed E-state index contributed by atoms with van der Waals surface area (Å²) in [7, 11) is 0. The van der Waals surface area contributed by atoms with Crippen molar-refractivity contribution in [1.29, 1.82) is 0 Å². The fourth-order valence-electron chi connectivity index (χ4n) is 5.05. The molecule has 3 N–H and O–H groups in total. The van der Waals surface area contributed by atoms with Gasteiger partial charge in [-0.1, -0.05) is 12.1 Å². The molecule has 37 heavy (non-hydrogen) atoms. The largest absolute Gasteiger partial charge is 0.486 e. The smallest absolute Gasteiger partial charge is 0.416 e. The summed E-state index contributed by atoms with van der Waals surface area (Å²) < 4.78 is 45.8. The van der Waals surface area contributed by atoms with E-state index in [1.165, 1.54) is 12.1 Å². The molecule has 2 aromatic carbocycles. The van der Waals surface area contributed by atoms with E-state index in [0.717, 1.165) is 37.0 Å². The van der Waals surface area contributed by atoms with Crippen molar-refractivity contribution >= 4 is 28.9 Å². The quantitative estimate of drug-likeness (QED) is 0.347. The van der Waals surface area contributed by atoms with Gasteiger partial charge in [-0.3, -0.25) is 4.79 Å². The minimum absolute atomic E-state index is 0.0828. The topological polar surface area (TPSA) is 90.9 Å². The number of aliphatic hydroxyl groups is 1. The van der Waals surface area contributed by atoms with Crippen LogP contribution in [0.15, 0.2) is 42.5 Å². The zero-order chi connectivity index (χ0) is 26.2. The second-order valence-electron chi connectivity index (χ2n) is 9.84. The molecule has 0 unspecified atom stereocenters. The van der Waals surface area contributed by atoms with Gasteiger partial charge < -0.3 is 25.4 Å². The standard InChI is InChI=1S/C27H28F3N3O4/c28-27(29,30)19-5-7-21-18(15-26(8-3-9-26)37-23(21)13-19)12-24(35)31-20-6-4-17-16-33(10-1-2-11-34)25(36)32-22(17)14-20/h4-7,12-14,34H,1-3,8-11,15-16H2,(H,31,35)(H,32,36)/b18-12+. The number of carbonyl (C=O) groups excluding carboxylic acids is 2. The van der Waals surface area contributed by atoms with Crippen molar-refractivity contribution in [2.45, 2.75) is 56.8 Å². The number of hydrogen-bond donors (Lipinski definition) is 3. The molecule has 0 aromatic heterocycles. The molecule has 0 saturated heterocycles. The monoisotopic (exact) mass is 515 g/mol. The third-order valence-electron chi connectivity index (χ3n) is 7.17. The average Bonchev–Trinajstić information content (AvgIpc) is 2.82. The highest BCUT2D eigenvalue weighted by molar-refractivity contribution is 6.05. The molecule has 2 heterocycles. The van der Waals surface area contributed by atoms with E-state index in [9.17, 15) is 22.8 Å². The fourth-order valence-corrected chi connectivity index (χ4v) is 5.05.